The van der Waals surface area contributed by atoms with Crippen molar-refractivity contribution in [1.82, 2.24) is 4.98 Å². The van der Waals surface area contributed by atoms with Crippen LogP contribution in [0, 0.1) is 6.92 Å². The van der Waals surface area contributed by atoms with E-state index in [1.165, 1.54) is 0 Å². The van der Waals surface area contributed by atoms with E-state index < -0.39 is 5.91 Å². The molecule has 3 N–H and O–H groups in total. The molecule has 0 bridgehead atoms. The van der Waals surface area contributed by atoms with Gasteiger partial charge in [-0.3, -0.25) is 4.79 Å². The van der Waals surface area contributed by atoms with Gasteiger partial charge >= 0.3 is 0 Å². The molecule has 0 saturated carbocycles. The Labute approximate surface area is 113 Å². The number of amides is 1. The Bertz CT molecular complexity index is 676. The van der Waals surface area contributed by atoms with Crippen molar-refractivity contribution < 1.29 is 11.3 Å². The highest BCUT2D eigenvalue weighted by Gasteiger charge is 2.20. The maximum absolute atomic E-state index is 11.3. The van der Waals surface area contributed by atoms with E-state index in [9.17, 15) is 9.90 Å². The number of aromatic hydroxyl groups is 1. The maximum atomic E-state index is 11.3. The number of hydrogen-bond donors (Lipinski definition) is 2. The Kier molecular flexibility index (Phi) is 2.97. The van der Waals surface area contributed by atoms with Crippen LogP contribution in [0.25, 0.3) is 10.9 Å². The second kappa shape index (κ2) is 4.23. The summed E-state index contributed by atoms with van der Waals surface area (Å²) in [5.74, 6) is -0.341. The SMILES string of the molecule is Cc1cc(C(N)=O)nc2c(C(C)(C)C)cc(O)cc12.[HH]. The van der Waals surface area contributed by atoms with Crippen LogP contribution < -0.4 is 5.73 Å². The molecule has 0 radical (unpaired) electrons. The Morgan fingerprint density at radius 1 is 1.32 bits per heavy atom. The highest BCUT2D eigenvalue weighted by molar-refractivity contribution is 5.96. The van der Waals surface area contributed by atoms with Crippen molar-refractivity contribution in [3.8, 4) is 5.75 Å². The quantitative estimate of drug-likeness (QED) is 0.827. The van der Waals surface area contributed by atoms with Crippen molar-refractivity contribution in [1.29, 1.82) is 0 Å². The number of fused-ring (bicyclic) bond motifs is 1. The lowest BCUT2D eigenvalue weighted by Crippen LogP contribution is -2.16. The van der Waals surface area contributed by atoms with Crippen molar-refractivity contribution in [2.75, 3.05) is 0 Å². The number of phenols is 1. The average Bonchev–Trinajstić information content (AvgIpc) is 2.27. The molecule has 0 aliphatic carbocycles. The summed E-state index contributed by atoms with van der Waals surface area (Å²) >= 11 is 0. The minimum Gasteiger partial charge on any atom is -0.508 e. The summed E-state index contributed by atoms with van der Waals surface area (Å²) in [5, 5.41) is 10.7. The molecule has 19 heavy (non-hydrogen) atoms. The third-order valence-corrected chi connectivity index (χ3v) is 3.17. The number of aryl methyl sites for hydroxylation is 1. The minimum atomic E-state index is -0.544. The lowest BCUT2D eigenvalue weighted by Gasteiger charge is -2.21. The zero-order valence-electron chi connectivity index (χ0n) is 11.6. The minimum absolute atomic E-state index is 0. The van der Waals surface area contributed by atoms with E-state index in [0.29, 0.717) is 0 Å². The van der Waals surface area contributed by atoms with Crippen LogP contribution in [0.15, 0.2) is 18.2 Å². The van der Waals surface area contributed by atoms with Gasteiger partial charge < -0.3 is 10.8 Å². The lowest BCUT2D eigenvalue weighted by atomic mass is 9.84. The Morgan fingerprint density at radius 3 is 2.47 bits per heavy atom. The third-order valence-electron chi connectivity index (χ3n) is 3.17. The molecule has 4 heteroatoms. The highest BCUT2D eigenvalue weighted by Crippen LogP contribution is 2.33. The van der Waals surface area contributed by atoms with Crippen molar-refractivity contribution >= 4 is 16.8 Å². The molecule has 0 saturated heterocycles. The van der Waals surface area contributed by atoms with Crippen molar-refractivity contribution in [3.05, 3.63) is 35.0 Å². The molecule has 4 nitrogen and oxygen atoms in total. The van der Waals surface area contributed by atoms with Gasteiger partial charge in [0.05, 0.1) is 5.52 Å². The van der Waals surface area contributed by atoms with Gasteiger partial charge in [0.25, 0.3) is 5.91 Å². The number of pyridine rings is 1. The van der Waals surface area contributed by atoms with Crippen LogP contribution in [-0.2, 0) is 5.41 Å². The maximum Gasteiger partial charge on any atom is 0.267 e. The Morgan fingerprint density at radius 2 is 1.95 bits per heavy atom. The number of rotatable bonds is 1. The fourth-order valence-corrected chi connectivity index (χ4v) is 2.17. The second-order valence-electron chi connectivity index (χ2n) is 5.83. The molecule has 0 fully saturated rings. The van der Waals surface area contributed by atoms with Crippen molar-refractivity contribution in [2.45, 2.75) is 33.1 Å². The summed E-state index contributed by atoms with van der Waals surface area (Å²) in [6, 6.07) is 5.01. The van der Waals surface area contributed by atoms with E-state index in [-0.39, 0.29) is 18.3 Å². The molecule has 2 aromatic rings. The van der Waals surface area contributed by atoms with E-state index in [1.807, 2.05) is 27.7 Å². The van der Waals surface area contributed by atoms with Gasteiger partial charge in [0.2, 0.25) is 0 Å². The van der Waals surface area contributed by atoms with Crippen LogP contribution >= 0.6 is 0 Å². The van der Waals surface area contributed by atoms with Crippen LogP contribution in [0.3, 0.4) is 0 Å². The monoisotopic (exact) mass is 260 g/mol. The number of nitrogens with two attached hydrogens (primary N) is 1. The van der Waals surface area contributed by atoms with Crippen LogP contribution in [0.2, 0.25) is 0 Å². The van der Waals surface area contributed by atoms with Crippen molar-refractivity contribution in [2.24, 2.45) is 5.73 Å². The van der Waals surface area contributed by atoms with Gasteiger partial charge in [0.15, 0.2) is 0 Å². The normalized spacial score (nSPS) is 11.8. The number of aromatic nitrogens is 1. The molecule has 1 aromatic heterocycles. The molecule has 0 spiro atoms. The topological polar surface area (TPSA) is 76.2 Å². The number of primary amides is 1. The molecule has 1 aromatic carbocycles. The molecule has 1 heterocycles. The number of carbonyl (C=O) groups is 1. The first kappa shape index (κ1) is 13.3. The van der Waals surface area contributed by atoms with E-state index in [0.717, 1.165) is 22.0 Å². The number of carbonyl (C=O) groups excluding carboxylic acids is 1. The molecule has 102 valence electrons. The predicted molar refractivity (Wildman–Crippen MR) is 77.5 cm³/mol. The number of benzene rings is 1. The standard InChI is InChI=1S/C15H18N2O2.H2/c1-8-5-12(14(16)19)17-13-10(8)6-9(18)7-11(13)15(2,3)4;/h5-7,18H,1-4H3,(H2,16,19);1H. The van der Waals surface area contributed by atoms with Crippen LogP contribution in [-0.4, -0.2) is 16.0 Å². The van der Waals surface area contributed by atoms with Gasteiger partial charge in [-0.15, -0.1) is 0 Å². The van der Waals surface area contributed by atoms with E-state index >= 15 is 0 Å². The van der Waals surface area contributed by atoms with Crippen LogP contribution in [0.4, 0.5) is 0 Å². The first-order valence-corrected chi connectivity index (χ1v) is 6.15. The lowest BCUT2D eigenvalue weighted by molar-refractivity contribution is 0.0996. The number of nitrogens with zero attached hydrogens (tertiary/aromatic N) is 1. The fourth-order valence-electron chi connectivity index (χ4n) is 2.17. The number of hydrogen-bond acceptors (Lipinski definition) is 3. The zero-order chi connectivity index (χ0) is 14.4. The van der Waals surface area contributed by atoms with Gasteiger partial charge in [-0.25, -0.2) is 4.98 Å². The van der Waals surface area contributed by atoms with Gasteiger partial charge in [-0.2, -0.15) is 0 Å². The summed E-state index contributed by atoms with van der Waals surface area (Å²) in [6.45, 7) is 7.99. The summed E-state index contributed by atoms with van der Waals surface area (Å²) in [5.41, 5.74) is 7.87. The Balaban J connectivity index is 0.00000200. The third kappa shape index (κ3) is 2.38. The first-order valence-electron chi connectivity index (χ1n) is 6.15. The average molecular weight is 260 g/mol. The van der Waals surface area contributed by atoms with E-state index in [2.05, 4.69) is 4.98 Å². The highest BCUT2D eigenvalue weighted by atomic mass is 16.3. The first-order chi connectivity index (χ1) is 8.70. The van der Waals surface area contributed by atoms with E-state index in [1.54, 1.807) is 18.2 Å². The molecule has 2 rings (SSSR count). The summed E-state index contributed by atoms with van der Waals surface area (Å²) in [7, 11) is 0. The van der Waals surface area contributed by atoms with Gasteiger partial charge in [-0.05, 0) is 41.7 Å². The van der Waals surface area contributed by atoms with Gasteiger partial charge in [0, 0.05) is 6.81 Å². The molecule has 0 unspecified atom stereocenters. The second-order valence-corrected chi connectivity index (χ2v) is 5.83. The summed E-state index contributed by atoms with van der Waals surface area (Å²) in [6.07, 6.45) is 0. The molecule has 0 atom stereocenters. The number of phenolic OH excluding ortho intramolecular Hbond substituents is 1. The van der Waals surface area contributed by atoms with E-state index in [4.69, 9.17) is 5.73 Å². The van der Waals surface area contributed by atoms with Crippen LogP contribution in [0.1, 0.15) is 43.8 Å². The molecular weight excluding hydrogens is 240 g/mol. The predicted octanol–water partition coefficient (Wildman–Crippen LogP) is 2.89. The van der Waals surface area contributed by atoms with Gasteiger partial charge in [0.1, 0.15) is 11.4 Å². The molecular formula is C15H20N2O2. The van der Waals surface area contributed by atoms with Crippen molar-refractivity contribution in [3.63, 3.8) is 0 Å². The molecule has 0 aliphatic heterocycles. The van der Waals surface area contributed by atoms with Crippen LogP contribution in [0.5, 0.6) is 5.75 Å². The Hall–Kier alpha value is -2.10. The molecule has 1 amide bonds. The van der Waals surface area contributed by atoms with Gasteiger partial charge in [-0.1, -0.05) is 20.8 Å². The largest absolute Gasteiger partial charge is 0.508 e. The smallest absolute Gasteiger partial charge is 0.267 e. The molecule has 0 aliphatic rings. The summed E-state index contributed by atoms with van der Waals surface area (Å²) < 4.78 is 0. The summed E-state index contributed by atoms with van der Waals surface area (Å²) in [4.78, 5) is 15.7. The zero-order valence-corrected chi connectivity index (χ0v) is 11.6. The fraction of sp³-hybridized carbons (Fsp3) is 0.333.